The van der Waals surface area contributed by atoms with E-state index in [9.17, 15) is 0 Å². The summed E-state index contributed by atoms with van der Waals surface area (Å²) in [6.45, 7) is 1.08. The van der Waals surface area contributed by atoms with Gasteiger partial charge in [0, 0.05) is 16.8 Å². The Labute approximate surface area is 83.1 Å². The number of nitrogen functional groups attached to an aromatic ring is 1. The van der Waals surface area contributed by atoms with E-state index in [1.54, 1.807) is 0 Å². The smallest absolute Gasteiger partial charge is 0.0410 e. The van der Waals surface area contributed by atoms with Crippen LogP contribution in [0.25, 0.3) is 0 Å². The Morgan fingerprint density at radius 1 is 1.46 bits per heavy atom. The summed E-state index contributed by atoms with van der Waals surface area (Å²) >= 11 is 5.91. The molecule has 3 heteroatoms. The molecular weight excluding hydrogens is 184 g/mol. The molecule has 0 radical (unpaired) electrons. The lowest BCUT2D eigenvalue weighted by molar-refractivity contribution is 0.650. The van der Waals surface area contributed by atoms with Gasteiger partial charge in [-0.15, -0.1) is 0 Å². The van der Waals surface area contributed by atoms with Gasteiger partial charge in [0.2, 0.25) is 0 Å². The van der Waals surface area contributed by atoms with Gasteiger partial charge in [-0.25, -0.2) is 0 Å². The third-order valence-corrected chi connectivity index (χ3v) is 2.72. The maximum Gasteiger partial charge on any atom is 0.0410 e. The van der Waals surface area contributed by atoms with Gasteiger partial charge < -0.3 is 11.1 Å². The molecule has 1 atom stereocenters. The second kappa shape index (κ2) is 3.56. The van der Waals surface area contributed by atoms with Crippen molar-refractivity contribution >= 4 is 17.3 Å². The van der Waals surface area contributed by atoms with E-state index in [4.69, 9.17) is 17.3 Å². The standard InChI is InChI=1S/C10H13ClN2/c11-7-3-4-9(12)8(6-7)10-2-1-5-13-10/h3-4,6,10,13H,1-2,5,12H2/t10-/m1/s1. The molecule has 70 valence electrons. The van der Waals surface area contributed by atoms with Crippen molar-refractivity contribution in [3.63, 3.8) is 0 Å². The van der Waals surface area contributed by atoms with Crippen LogP contribution in [0.4, 0.5) is 5.69 Å². The summed E-state index contributed by atoms with van der Waals surface area (Å²) < 4.78 is 0. The van der Waals surface area contributed by atoms with Crippen LogP contribution in [0.3, 0.4) is 0 Å². The first kappa shape index (κ1) is 8.85. The van der Waals surface area contributed by atoms with Crippen LogP contribution in [-0.2, 0) is 0 Å². The molecule has 1 fully saturated rings. The van der Waals surface area contributed by atoms with Crippen LogP contribution < -0.4 is 11.1 Å². The minimum Gasteiger partial charge on any atom is -0.398 e. The quantitative estimate of drug-likeness (QED) is 0.677. The number of hydrogen-bond donors (Lipinski definition) is 2. The summed E-state index contributed by atoms with van der Waals surface area (Å²) in [5.74, 6) is 0. The van der Waals surface area contributed by atoms with Crippen LogP contribution in [-0.4, -0.2) is 6.54 Å². The Balaban J connectivity index is 2.32. The Morgan fingerprint density at radius 2 is 2.31 bits per heavy atom. The van der Waals surface area contributed by atoms with Gasteiger partial charge in [0.15, 0.2) is 0 Å². The number of halogens is 1. The Morgan fingerprint density at radius 3 is 3.00 bits per heavy atom. The van der Waals surface area contributed by atoms with E-state index in [0.29, 0.717) is 6.04 Å². The molecule has 0 saturated carbocycles. The highest BCUT2D eigenvalue weighted by Gasteiger charge is 2.18. The predicted molar refractivity (Wildman–Crippen MR) is 55.8 cm³/mol. The van der Waals surface area contributed by atoms with Gasteiger partial charge in [-0.3, -0.25) is 0 Å². The molecule has 1 aliphatic rings. The average Bonchev–Trinajstić information content (AvgIpc) is 2.61. The lowest BCUT2D eigenvalue weighted by Gasteiger charge is -2.13. The van der Waals surface area contributed by atoms with Crippen molar-refractivity contribution in [3.8, 4) is 0 Å². The number of anilines is 1. The highest BCUT2D eigenvalue weighted by atomic mass is 35.5. The van der Waals surface area contributed by atoms with Gasteiger partial charge in [-0.1, -0.05) is 11.6 Å². The van der Waals surface area contributed by atoms with Gasteiger partial charge >= 0.3 is 0 Å². The third kappa shape index (κ3) is 1.79. The highest BCUT2D eigenvalue weighted by Crippen LogP contribution is 2.29. The van der Waals surface area contributed by atoms with E-state index in [1.807, 2.05) is 18.2 Å². The van der Waals surface area contributed by atoms with Crippen molar-refractivity contribution in [1.29, 1.82) is 0 Å². The zero-order valence-electron chi connectivity index (χ0n) is 7.39. The lowest BCUT2D eigenvalue weighted by Crippen LogP contribution is -2.14. The van der Waals surface area contributed by atoms with Gasteiger partial charge in [0.1, 0.15) is 0 Å². The van der Waals surface area contributed by atoms with E-state index < -0.39 is 0 Å². The van der Waals surface area contributed by atoms with Crippen molar-refractivity contribution in [2.75, 3.05) is 12.3 Å². The van der Waals surface area contributed by atoms with Crippen LogP contribution in [0.1, 0.15) is 24.4 Å². The monoisotopic (exact) mass is 196 g/mol. The molecule has 13 heavy (non-hydrogen) atoms. The number of nitrogens with two attached hydrogens (primary N) is 1. The van der Waals surface area contributed by atoms with Crippen molar-refractivity contribution in [2.24, 2.45) is 0 Å². The Bertz CT molecular complexity index is 306. The Kier molecular flexibility index (Phi) is 2.42. The zero-order chi connectivity index (χ0) is 9.26. The van der Waals surface area contributed by atoms with E-state index in [1.165, 1.54) is 6.42 Å². The molecule has 1 heterocycles. The fraction of sp³-hybridized carbons (Fsp3) is 0.400. The second-order valence-corrected chi connectivity index (χ2v) is 3.86. The van der Waals surface area contributed by atoms with Crippen LogP contribution in [0, 0.1) is 0 Å². The molecule has 0 aliphatic carbocycles. The van der Waals surface area contributed by atoms with Crippen molar-refractivity contribution in [1.82, 2.24) is 5.32 Å². The molecule has 1 saturated heterocycles. The molecule has 0 unspecified atom stereocenters. The largest absolute Gasteiger partial charge is 0.398 e. The summed E-state index contributed by atoms with van der Waals surface area (Å²) in [7, 11) is 0. The molecule has 1 aromatic rings. The first-order chi connectivity index (χ1) is 6.27. The molecule has 1 aliphatic heterocycles. The maximum atomic E-state index is 5.91. The van der Waals surface area contributed by atoms with E-state index >= 15 is 0 Å². The minimum atomic E-state index is 0.402. The first-order valence-electron chi connectivity index (χ1n) is 4.55. The maximum absolute atomic E-state index is 5.91. The molecule has 0 spiro atoms. The molecule has 0 aromatic heterocycles. The van der Waals surface area contributed by atoms with Gasteiger partial charge in [-0.2, -0.15) is 0 Å². The fourth-order valence-corrected chi connectivity index (χ4v) is 1.98. The number of benzene rings is 1. The van der Waals surface area contributed by atoms with Gasteiger partial charge in [0.05, 0.1) is 0 Å². The number of rotatable bonds is 1. The van der Waals surface area contributed by atoms with Crippen LogP contribution in [0.2, 0.25) is 5.02 Å². The normalized spacial score (nSPS) is 22.1. The van der Waals surface area contributed by atoms with Crippen LogP contribution in [0.15, 0.2) is 18.2 Å². The van der Waals surface area contributed by atoms with Crippen molar-refractivity contribution < 1.29 is 0 Å². The summed E-state index contributed by atoms with van der Waals surface area (Å²) in [6, 6.07) is 6.06. The van der Waals surface area contributed by atoms with Crippen molar-refractivity contribution in [3.05, 3.63) is 28.8 Å². The van der Waals surface area contributed by atoms with Gasteiger partial charge in [0.25, 0.3) is 0 Å². The minimum absolute atomic E-state index is 0.402. The van der Waals surface area contributed by atoms with E-state index in [-0.39, 0.29) is 0 Å². The molecule has 0 bridgehead atoms. The molecule has 2 rings (SSSR count). The predicted octanol–water partition coefficient (Wildman–Crippen LogP) is 2.35. The summed E-state index contributed by atoms with van der Waals surface area (Å²) in [5.41, 5.74) is 7.85. The second-order valence-electron chi connectivity index (χ2n) is 3.42. The highest BCUT2D eigenvalue weighted by molar-refractivity contribution is 6.30. The van der Waals surface area contributed by atoms with Crippen molar-refractivity contribution in [2.45, 2.75) is 18.9 Å². The van der Waals surface area contributed by atoms with Gasteiger partial charge in [-0.05, 0) is 43.1 Å². The number of nitrogens with one attached hydrogen (secondary N) is 1. The molecule has 3 N–H and O–H groups in total. The molecule has 0 amide bonds. The molecule has 2 nitrogen and oxygen atoms in total. The average molecular weight is 197 g/mol. The first-order valence-corrected chi connectivity index (χ1v) is 4.93. The van der Waals surface area contributed by atoms with E-state index in [0.717, 1.165) is 29.2 Å². The summed E-state index contributed by atoms with van der Waals surface area (Å²) in [5, 5.41) is 4.16. The zero-order valence-corrected chi connectivity index (χ0v) is 8.14. The number of hydrogen-bond acceptors (Lipinski definition) is 2. The topological polar surface area (TPSA) is 38.0 Å². The fourth-order valence-electron chi connectivity index (χ4n) is 1.80. The SMILES string of the molecule is Nc1ccc(Cl)cc1[C@H]1CCCN1. The molecule has 1 aromatic carbocycles. The Hall–Kier alpha value is -0.730. The lowest BCUT2D eigenvalue weighted by atomic mass is 10.0. The van der Waals surface area contributed by atoms with Crippen LogP contribution in [0.5, 0.6) is 0 Å². The molecular formula is C10H13ClN2. The summed E-state index contributed by atoms with van der Waals surface area (Å²) in [4.78, 5) is 0. The third-order valence-electron chi connectivity index (χ3n) is 2.48. The van der Waals surface area contributed by atoms with Crippen LogP contribution >= 0.6 is 11.6 Å². The summed E-state index contributed by atoms with van der Waals surface area (Å²) in [6.07, 6.45) is 2.38. The van der Waals surface area contributed by atoms with E-state index in [2.05, 4.69) is 5.32 Å².